The van der Waals surface area contributed by atoms with Crippen LogP contribution in [0.5, 0.6) is 5.75 Å². The van der Waals surface area contributed by atoms with Crippen molar-refractivity contribution >= 4 is 0 Å². The Kier molecular flexibility index (Phi) is 8.05. The Morgan fingerprint density at radius 2 is 2.14 bits per heavy atom. The summed E-state index contributed by atoms with van der Waals surface area (Å²) in [6, 6.07) is 8.34. The summed E-state index contributed by atoms with van der Waals surface area (Å²) in [7, 11) is 1.67. The van der Waals surface area contributed by atoms with Gasteiger partial charge in [0.05, 0.1) is 26.4 Å². The van der Waals surface area contributed by atoms with Crippen LogP contribution < -0.4 is 4.74 Å². The van der Waals surface area contributed by atoms with E-state index in [1.54, 1.807) is 13.2 Å². The fourth-order valence-electron chi connectivity index (χ4n) is 2.07. The molecule has 118 valence electrons. The van der Waals surface area contributed by atoms with Crippen LogP contribution in [0, 0.1) is 0 Å². The molecule has 0 fully saturated rings. The largest absolute Gasteiger partial charge is 0.497 e. The summed E-state index contributed by atoms with van der Waals surface area (Å²) in [5, 5.41) is 10.0. The maximum absolute atomic E-state index is 10.0. The number of nitrogens with zero attached hydrogens (tertiary/aromatic N) is 1. The van der Waals surface area contributed by atoms with Crippen molar-refractivity contribution in [1.82, 2.24) is 4.90 Å². The molecule has 0 aliphatic carbocycles. The molecule has 0 aliphatic heterocycles. The standard InChI is InChI=1S/C17H27NO3/c1-5-9-21-13-16(19)12-18(14(2)3)11-15-7-6-8-17(10-15)20-4/h5-8,10,14,16,19H,1,9,11-13H2,2-4H3. The van der Waals surface area contributed by atoms with Gasteiger partial charge in [-0.25, -0.2) is 0 Å². The summed E-state index contributed by atoms with van der Waals surface area (Å²) in [5.74, 6) is 0.853. The van der Waals surface area contributed by atoms with Gasteiger partial charge in [0.2, 0.25) is 0 Å². The third-order valence-electron chi connectivity index (χ3n) is 3.24. The highest BCUT2D eigenvalue weighted by Gasteiger charge is 2.15. The van der Waals surface area contributed by atoms with Crippen LogP contribution in [0.1, 0.15) is 19.4 Å². The number of aliphatic hydroxyl groups excluding tert-OH is 1. The Morgan fingerprint density at radius 3 is 2.76 bits per heavy atom. The van der Waals surface area contributed by atoms with Gasteiger partial charge in [0.15, 0.2) is 0 Å². The molecule has 0 amide bonds. The van der Waals surface area contributed by atoms with Crippen LogP contribution in [0.4, 0.5) is 0 Å². The molecule has 0 radical (unpaired) electrons. The van der Waals surface area contributed by atoms with Crippen molar-refractivity contribution in [2.45, 2.75) is 32.5 Å². The molecular formula is C17H27NO3. The van der Waals surface area contributed by atoms with Gasteiger partial charge in [0.1, 0.15) is 5.75 Å². The first-order chi connectivity index (χ1) is 10.1. The molecule has 1 aromatic rings. The highest BCUT2D eigenvalue weighted by molar-refractivity contribution is 5.28. The van der Waals surface area contributed by atoms with Gasteiger partial charge in [-0.15, -0.1) is 6.58 Å². The van der Waals surface area contributed by atoms with Gasteiger partial charge < -0.3 is 14.6 Å². The van der Waals surface area contributed by atoms with Crippen LogP contribution in [0.15, 0.2) is 36.9 Å². The van der Waals surface area contributed by atoms with Crippen molar-refractivity contribution < 1.29 is 14.6 Å². The first-order valence-corrected chi connectivity index (χ1v) is 7.30. The number of methoxy groups -OCH3 is 1. The SMILES string of the molecule is C=CCOCC(O)CN(Cc1cccc(OC)c1)C(C)C. The average Bonchev–Trinajstić information content (AvgIpc) is 2.47. The Morgan fingerprint density at radius 1 is 1.38 bits per heavy atom. The molecule has 4 nitrogen and oxygen atoms in total. The molecule has 0 aromatic heterocycles. The summed E-state index contributed by atoms with van der Waals surface area (Å²) in [4.78, 5) is 2.22. The summed E-state index contributed by atoms with van der Waals surface area (Å²) in [6.45, 7) is 9.98. The van der Waals surface area contributed by atoms with Crippen molar-refractivity contribution in [2.75, 3.05) is 26.9 Å². The number of benzene rings is 1. The predicted molar refractivity (Wildman–Crippen MR) is 85.6 cm³/mol. The van der Waals surface area contributed by atoms with Crippen LogP contribution in [0.3, 0.4) is 0 Å². The molecule has 0 heterocycles. The van der Waals surface area contributed by atoms with Crippen molar-refractivity contribution in [3.8, 4) is 5.75 Å². The van der Waals surface area contributed by atoms with Crippen LogP contribution in [0.2, 0.25) is 0 Å². The number of ether oxygens (including phenoxy) is 2. The number of hydrogen-bond acceptors (Lipinski definition) is 4. The fourth-order valence-corrected chi connectivity index (χ4v) is 2.07. The van der Waals surface area contributed by atoms with E-state index in [9.17, 15) is 5.11 Å². The maximum atomic E-state index is 10.0. The van der Waals surface area contributed by atoms with Gasteiger partial charge in [-0.3, -0.25) is 4.90 Å². The van der Waals surface area contributed by atoms with Crippen LogP contribution in [0.25, 0.3) is 0 Å². The number of rotatable bonds is 10. The minimum Gasteiger partial charge on any atom is -0.497 e. The zero-order chi connectivity index (χ0) is 15.7. The van der Waals surface area contributed by atoms with E-state index in [0.29, 0.717) is 25.8 Å². The molecular weight excluding hydrogens is 266 g/mol. The fraction of sp³-hybridized carbons (Fsp3) is 0.529. The van der Waals surface area contributed by atoms with Crippen molar-refractivity contribution in [1.29, 1.82) is 0 Å². The predicted octanol–water partition coefficient (Wildman–Crippen LogP) is 2.47. The molecule has 1 aromatic carbocycles. The zero-order valence-electron chi connectivity index (χ0n) is 13.3. The Bertz CT molecular complexity index is 420. The molecule has 0 saturated carbocycles. The van der Waals surface area contributed by atoms with Crippen LogP contribution in [-0.2, 0) is 11.3 Å². The molecule has 1 atom stereocenters. The molecule has 1 N–H and O–H groups in total. The quantitative estimate of drug-likeness (QED) is 0.531. The Hall–Kier alpha value is -1.36. The molecule has 4 heteroatoms. The average molecular weight is 293 g/mol. The number of hydrogen-bond donors (Lipinski definition) is 1. The van der Waals surface area contributed by atoms with Gasteiger partial charge in [0, 0.05) is 19.1 Å². The van der Waals surface area contributed by atoms with Gasteiger partial charge in [-0.1, -0.05) is 18.2 Å². The summed E-state index contributed by atoms with van der Waals surface area (Å²) < 4.78 is 10.5. The van der Waals surface area contributed by atoms with Crippen molar-refractivity contribution in [3.05, 3.63) is 42.5 Å². The monoisotopic (exact) mass is 293 g/mol. The maximum Gasteiger partial charge on any atom is 0.119 e. The molecule has 0 saturated heterocycles. The second-order valence-corrected chi connectivity index (χ2v) is 5.35. The van der Waals surface area contributed by atoms with Crippen molar-refractivity contribution in [3.63, 3.8) is 0 Å². The molecule has 0 aliphatic rings. The lowest BCUT2D eigenvalue weighted by molar-refractivity contribution is 0.0178. The minimum absolute atomic E-state index is 0.327. The Balaban J connectivity index is 2.58. The first-order valence-electron chi connectivity index (χ1n) is 7.30. The van der Waals surface area contributed by atoms with Crippen LogP contribution >= 0.6 is 0 Å². The smallest absolute Gasteiger partial charge is 0.119 e. The Labute approximate surface area is 128 Å². The van der Waals surface area contributed by atoms with E-state index in [0.717, 1.165) is 12.3 Å². The zero-order valence-corrected chi connectivity index (χ0v) is 13.3. The van der Waals surface area contributed by atoms with E-state index in [1.807, 2.05) is 18.2 Å². The lowest BCUT2D eigenvalue weighted by atomic mass is 10.1. The third kappa shape index (κ3) is 6.76. The first kappa shape index (κ1) is 17.7. The number of aliphatic hydroxyl groups is 1. The molecule has 1 rings (SSSR count). The molecule has 21 heavy (non-hydrogen) atoms. The summed E-state index contributed by atoms with van der Waals surface area (Å²) in [6.07, 6.45) is 1.18. The van der Waals surface area contributed by atoms with Gasteiger partial charge in [-0.2, -0.15) is 0 Å². The lowest BCUT2D eigenvalue weighted by Crippen LogP contribution is -2.38. The van der Waals surface area contributed by atoms with Gasteiger partial charge >= 0.3 is 0 Å². The van der Waals surface area contributed by atoms with Crippen molar-refractivity contribution in [2.24, 2.45) is 0 Å². The topological polar surface area (TPSA) is 41.9 Å². The van der Waals surface area contributed by atoms with E-state index in [1.165, 1.54) is 5.56 Å². The highest BCUT2D eigenvalue weighted by Crippen LogP contribution is 2.15. The normalized spacial score (nSPS) is 12.7. The van der Waals surface area contributed by atoms with E-state index in [2.05, 4.69) is 31.4 Å². The highest BCUT2D eigenvalue weighted by atomic mass is 16.5. The molecule has 1 unspecified atom stereocenters. The third-order valence-corrected chi connectivity index (χ3v) is 3.24. The van der Waals surface area contributed by atoms with Gasteiger partial charge in [-0.05, 0) is 31.5 Å². The minimum atomic E-state index is -0.502. The van der Waals surface area contributed by atoms with Gasteiger partial charge in [0.25, 0.3) is 0 Å². The van der Waals surface area contributed by atoms with Crippen LogP contribution in [-0.4, -0.2) is 49.0 Å². The summed E-state index contributed by atoms with van der Waals surface area (Å²) in [5.41, 5.74) is 1.17. The molecule has 0 spiro atoms. The van der Waals surface area contributed by atoms with E-state index < -0.39 is 6.10 Å². The lowest BCUT2D eigenvalue weighted by Gasteiger charge is -2.28. The second-order valence-electron chi connectivity index (χ2n) is 5.35. The van der Waals surface area contributed by atoms with E-state index in [4.69, 9.17) is 9.47 Å². The summed E-state index contributed by atoms with van der Waals surface area (Å²) >= 11 is 0. The second kappa shape index (κ2) is 9.55. The molecule has 0 bridgehead atoms. The van der Waals surface area contributed by atoms with E-state index in [-0.39, 0.29) is 0 Å². The van der Waals surface area contributed by atoms with E-state index >= 15 is 0 Å².